The van der Waals surface area contributed by atoms with E-state index in [2.05, 4.69) is 255 Å². The highest BCUT2D eigenvalue weighted by molar-refractivity contribution is 6.13. The molecule has 0 atom stereocenters. The summed E-state index contributed by atoms with van der Waals surface area (Å²) in [7, 11) is 0. The van der Waals surface area contributed by atoms with Crippen LogP contribution in [0.1, 0.15) is 25.0 Å². The van der Waals surface area contributed by atoms with E-state index in [4.69, 9.17) is 0 Å². The standard InChI is InChI=1S/C63H45N/c1-63(2)59-29-16-15-28-55(59)56-40-58-57-39-48(46-26-17-27-47(32-46)51-34-49(42-18-7-3-8-19-42)33-50(35-51)43-20-9-4-10-21-43)30-31-61(57)64(62(58)41-60(56)63)54-37-52(44-22-11-5-12-23-44)36-53(38-54)45-24-13-6-14-25-45/h3-41H,1-2H3. The quantitative estimate of drug-likeness (QED) is 0.151. The Morgan fingerprint density at radius 2 is 0.672 bits per heavy atom. The number of aromatic nitrogens is 1. The van der Waals surface area contributed by atoms with Crippen molar-refractivity contribution in [2.45, 2.75) is 19.3 Å². The predicted molar refractivity (Wildman–Crippen MR) is 271 cm³/mol. The lowest BCUT2D eigenvalue weighted by molar-refractivity contribution is 0.661. The molecular weight excluding hydrogens is 771 g/mol. The third-order valence-corrected chi connectivity index (χ3v) is 13.5. The number of nitrogens with zero attached hydrogens (tertiary/aromatic N) is 1. The molecule has 1 nitrogen and oxygen atoms in total. The molecule has 1 aliphatic rings. The summed E-state index contributed by atoms with van der Waals surface area (Å²) < 4.78 is 2.52. The third kappa shape index (κ3) is 6.40. The van der Waals surface area contributed by atoms with Crippen LogP contribution in [0.4, 0.5) is 0 Å². The molecule has 0 unspecified atom stereocenters. The molecule has 0 bridgehead atoms. The molecule has 0 saturated carbocycles. The van der Waals surface area contributed by atoms with Crippen LogP contribution in [0.3, 0.4) is 0 Å². The molecule has 11 aromatic rings. The zero-order valence-corrected chi connectivity index (χ0v) is 36.0. The predicted octanol–water partition coefficient (Wildman–Crippen LogP) is 17.1. The van der Waals surface area contributed by atoms with Gasteiger partial charge in [0.25, 0.3) is 0 Å². The van der Waals surface area contributed by atoms with Gasteiger partial charge in [-0.3, -0.25) is 0 Å². The average Bonchev–Trinajstić information content (AvgIpc) is 3.81. The maximum Gasteiger partial charge on any atom is 0.0544 e. The first-order valence-electron chi connectivity index (χ1n) is 22.3. The minimum atomic E-state index is -0.133. The molecular formula is C63H45N. The first-order valence-corrected chi connectivity index (χ1v) is 22.3. The second kappa shape index (κ2) is 15.1. The van der Waals surface area contributed by atoms with Gasteiger partial charge in [0, 0.05) is 21.9 Å². The molecule has 0 N–H and O–H groups in total. The molecule has 0 radical (unpaired) electrons. The van der Waals surface area contributed by atoms with Crippen LogP contribution in [0.2, 0.25) is 0 Å². The molecule has 0 amide bonds. The van der Waals surface area contributed by atoms with E-state index in [0.29, 0.717) is 0 Å². The maximum absolute atomic E-state index is 2.52. The molecule has 10 aromatic carbocycles. The van der Waals surface area contributed by atoms with E-state index in [1.165, 1.54) is 111 Å². The molecule has 64 heavy (non-hydrogen) atoms. The van der Waals surface area contributed by atoms with E-state index in [0.717, 1.165) is 5.69 Å². The number of benzene rings is 10. The van der Waals surface area contributed by atoms with E-state index >= 15 is 0 Å². The molecule has 0 aliphatic heterocycles. The van der Waals surface area contributed by atoms with Crippen LogP contribution in [0.25, 0.3) is 105 Å². The zero-order chi connectivity index (χ0) is 42.8. The molecule has 1 heterocycles. The summed E-state index contributed by atoms with van der Waals surface area (Å²) in [6.45, 7) is 4.76. The molecule has 302 valence electrons. The second-order valence-electron chi connectivity index (χ2n) is 17.8. The van der Waals surface area contributed by atoms with Gasteiger partial charge in [-0.25, -0.2) is 0 Å². The van der Waals surface area contributed by atoms with Crippen molar-refractivity contribution in [2.75, 3.05) is 0 Å². The van der Waals surface area contributed by atoms with E-state index in [-0.39, 0.29) is 5.41 Å². The normalized spacial score (nSPS) is 12.7. The molecule has 0 spiro atoms. The molecule has 0 saturated heterocycles. The number of fused-ring (bicyclic) bond motifs is 6. The van der Waals surface area contributed by atoms with Gasteiger partial charge < -0.3 is 4.57 Å². The fourth-order valence-electron chi connectivity index (χ4n) is 10.3. The summed E-state index contributed by atoms with van der Waals surface area (Å²) >= 11 is 0. The van der Waals surface area contributed by atoms with E-state index in [9.17, 15) is 0 Å². The minimum absolute atomic E-state index is 0.133. The van der Waals surface area contributed by atoms with Crippen LogP contribution in [0.15, 0.2) is 237 Å². The smallest absolute Gasteiger partial charge is 0.0544 e. The lowest BCUT2D eigenvalue weighted by Gasteiger charge is -2.22. The van der Waals surface area contributed by atoms with Gasteiger partial charge in [-0.15, -0.1) is 0 Å². The van der Waals surface area contributed by atoms with Crippen molar-refractivity contribution in [3.05, 3.63) is 248 Å². The largest absolute Gasteiger partial charge is 0.309 e. The van der Waals surface area contributed by atoms with Crippen LogP contribution in [0.5, 0.6) is 0 Å². The molecule has 0 fully saturated rings. The van der Waals surface area contributed by atoms with E-state index in [1.54, 1.807) is 0 Å². The lowest BCUT2D eigenvalue weighted by Crippen LogP contribution is -2.14. The topological polar surface area (TPSA) is 4.93 Å². The van der Waals surface area contributed by atoms with Gasteiger partial charge in [0.1, 0.15) is 0 Å². The van der Waals surface area contributed by atoms with Crippen molar-refractivity contribution in [1.82, 2.24) is 4.57 Å². The Labute approximate surface area is 375 Å². The summed E-state index contributed by atoms with van der Waals surface area (Å²) in [6.07, 6.45) is 0. The maximum atomic E-state index is 2.52. The molecule has 1 aliphatic carbocycles. The van der Waals surface area contributed by atoms with Crippen molar-refractivity contribution in [1.29, 1.82) is 0 Å². The van der Waals surface area contributed by atoms with Crippen LogP contribution >= 0.6 is 0 Å². The van der Waals surface area contributed by atoms with Gasteiger partial charge in [0.15, 0.2) is 0 Å². The third-order valence-electron chi connectivity index (χ3n) is 13.5. The van der Waals surface area contributed by atoms with Gasteiger partial charge in [-0.05, 0) is 156 Å². The van der Waals surface area contributed by atoms with E-state index in [1.807, 2.05) is 0 Å². The summed E-state index contributed by atoms with van der Waals surface area (Å²) in [5, 5.41) is 2.50. The van der Waals surface area contributed by atoms with Gasteiger partial charge >= 0.3 is 0 Å². The fourth-order valence-corrected chi connectivity index (χ4v) is 10.3. The first kappa shape index (κ1) is 37.7. The Bertz CT molecular complexity index is 3430. The lowest BCUT2D eigenvalue weighted by atomic mass is 9.82. The van der Waals surface area contributed by atoms with Gasteiger partial charge in [0.05, 0.1) is 11.0 Å². The average molecular weight is 816 g/mol. The van der Waals surface area contributed by atoms with Crippen molar-refractivity contribution in [3.63, 3.8) is 0 Å². The highest BCUT2D eigenvalue weighted by Crippen LogP contribution is 2.51. The van der Waals surface area contributed by atoms with Crippen LogP contribution in [-0.4, -0.2) is 4.57 Å². The van der Waals surface area contributed by atoms with Gasteiger partial charge in [0.2, 0.25) is 0 Å². The molecule has 1 heteroatoms. The summed E-state index contributed by atoms with van der Waals surface area (Å²) in [4.78, 5) is 0. The monoisotopic (exact) mass is 815 g/mol. The van der Waals surface area contributed by atoms with E-state index < -0.39 is 0 Å². The highest BCUT2D eigenvalue weighted by Gasteiger charge is 2.36. The summed E-state index contributed by atoms with van der Waals surface area (Å²) in [5.41, 5.74) is 23.2. The number of rotatable bonds is 7. The summed E-state index contributed by atoms with van der Waals surface area (Å²) in [5.74, 6) is 0. The Kier molecular flexibility index (Phi) is 8.91. The Hall–Kier alpha value is -8.00. The van der Waals surface area contributed by atoms with Gasteiger partial charge in [-0.2, -0.15) is 0 Å². The molecule has 12 rings (SSSR count). The Balaban J connectivity index is 1.07. The van der Waals surface area contributed by atoms with Crippen molar-refractivity contribution in [3.8, 4) is 83.6 Å². The Morgan fingerprint density at radius 1 is 0.266 bits per heavy atom. The number of hydrogen-bond acceptors (Lipinski definition) is 0. The van der Waals surface area contributed by atoms with Crippen molar-refractivity contribution in [2.24, 2.45) is 0 Å². The highest BCUT2D eigenvalue weighted by atomic mass is 15.0. The fraction of sp³-hybridized carbons (Fsp3) is 0.0476. The number of hydrogen-bond donors (Lipinski definition) is 0. The zero-order valence-electron chi connectivity index (χ0n) is 36.0. The van der Waals surface area contributed by atoms with Crippen LogP contribution in [0, 0.1) is 0 Å². The van der Waals surface area contributed by atoms with Crippen molar-refractivity contribution < 1.29 is 0 Å². The van der Waals surface area contributed by atoms with Crippen LogP contribution in [-0.2, 0) is 5.41 Å². The van der Waals surface area contributed by atoms with Gasteiger partial charge in [-0.1, -0.05) is 184 Å². The Morgan fingerprint density at radius 3 is 1.22 bits per heavy atom. The summed E-state index contributed by atoms with van der Waals surface area (Å²) in [6, 6.07) is 87.2. The van der Waals surface area contributed by atoms with Crippen LogP contribution < -0.4 is 0 Å². The minimum Gasteiger partial charge on any atom is -0.309 e. The second-order valence-corrected chi connectivity index (χ2v) is 17.8. The molecule has 1 aromatic heterocycles. The van der Waals surface area contributed by atoms with Crippen molar-refractivity contribution >= 4 is 21.8 Å². The first-order chi connectivity index (χ1) is 31.5. The SMILES string of the molecule is CC1(C)c2ccccc2-c2cc3c4cc(-c5cccc(-c6cc(-c7ccccc7)cc(-c7ccccc7)c6)c5)ccc4n(-c4cc(-c5ccccc5)cc(-c5ccccc5)c4)c3cc21.